The smallest absolute Gasteiger partial charge is 0.323 e. The van der Waals surface area contributed by atoms with Crippen LogP contribution in [0.5, 0.6) is 0 Å². The van der Waals surface area contributed by atoms with Crippen LogP contribution in [0.3, 0.4) is 0 Å². The van der Waals surface area contributed by atoms with Gasteiger partial charge in [0.05, 0.1) is 6.61 Å². The molecule has 2 aromatic carbocycles. The topological polar surface area (TPSA) is 48.0 Å². The van der Waals surface area contributed by atoms with E-state index in [1.54, 1.807) is 0 Å². The number of nitrogens with zero attached hydrogens (tertiary/aromatic N) is 1. The van der Waals surface area contributed by atoms with E-state index in [2.05, 4.69) is 29.2 Å². The quantitative estimate of drug-likeness (QED) is 0.717. The number of ether oxygens (including phenoxy) is 3. The second kappa shape index (κ2) is 8.03. The van der Waals surface area contributed by atoms with Gasteiger partial charge in [-0.3, -0.25) is 9.69 Å². The van der Waals surface area contributed by atoms with Crippen molar-refractivity contribution >= 4 is 5.97 Å². The van der Waals surface area contributed by atoms with Crippen LogP contribution < -0.4 is 0 Å². The molecule has 0 unspecified atom stereocenters. The number of hydrogen-bond acceptors (Lipinski definition) is 5. The highest BCUT2D eigenvalue weighted by Crippen LogP contribution is 2.32. The lowest BCUT2D eigenvalue weighted by Crippen LogP contribution is -2.38. The molecule has 0 N–H and O–H groups in total. The molecule has 5 heteroatoms. The van der Waals surface area contributed by atoms with Crippen LogP contribution in [0.1, 0.15) is 31.4 Å². The lowest BCUT2D eigenvalue weighted by Gasteiger charge is -2.26. The van der Waals surface area contributed by atoms with Gasteiger partial charge in [-0.05, 0) is 25.0 Å². The summed E-state index contributed by atoms with van der Waals surface area (Å²) in [6.45, 7) is 5.61. The van der Waals surface area contributed by atoms with Gasteiger partial charge in [-0.2, -0.15) is 0 Å². The third-order valence-electron chi connectivity index (χ3n) is 5.34. The van der Waals surface area contributed by atoms with Gasteiger partial charge in [0, 0.05) is 19.5 Å². The van der Waals surface area contributed by atoms with E-state index >= 15 is 0 Å². The van der Waals surface area contributed by atoms with Crippen LogP contribution in [0.25, 0.3) is 0 Å². The van der Waals surface area contributed by atoms with Gasteiger partial charge in [0.2, 0.25) is 0 Å². The van der Waals surface area contributed by atoms with E-state index in [1.165, 1.54) is 11.1 Å². The predicted molar refractivity (Wildman–Crippen MR) is 105 cm³/mol. The van der Waals surface area contributed by atoms with Crippen LogP contribution >= 0.6 is 0 Å². The first-order valence-corrected chi connectivity index (χ1v) is 9.84. The van der Waals surface area contributed by atoms with E-state index in [0.717, 1.165) is 0 Å². The Hall–Kier alpha value is -2.21. The molecule has 0 aromatic heterocycles. The number of rotatable bonds is 6. The maximum Gasteiger partial charge on any atom is 0.323 e. The fourth-order valence-corrected chi connectivity index (χ4v) is 3.93. The monoisotopic (exact) mass is 381 g/mol. The molecule has 3 atom stereocenters. The Morgan fingerprint density at radius 1 is 0.929 bits per heavy atom. The summed E-state index contributed by atoms with van der Waals surface area (Å²) in [5, 5.41) is 0. The van der Waals surface area contributed by atoms with Gasteiger partial charge in [0.15, 0.2) is 5.79 Å². The average molecular weight is 381 g/mol. The van der Waals surface area contributed by atoms with Crippen molar-refractivity contribution in [2.24, 2.45) is 0 Å². The van der Waals surface area contributed by atoms with Crippen molar-refractivity contribution in [3.8, 4) is 0 Å². The van der Waals surface area contributed by atoms with E-state index in [0.29, 0.717) is 26.1 Å². The highest BCUT2D eigenvalue weighted by Gasteiger charge is 2.46. The van der Waals surface area contributed by atoms with Crippen molar-refractivity contribution in [2.45, 2.75) is 57.4 Å². The van der Waals surface area contributed by atoms with Gasteiger partial charge in [0.1, 0.15) is 18.2 Å². The zero-order valence-electron chi connectivity index (χ0n) is 16.4. The zero-order chi connectivity index (χ0) is 19.6. The minimum Gasteiger partial charge on any atom is -0.458 e. The first-order chi connectivity index (χ1) is 13.5. The Morgan fingerprint density at radius 3 is 2.00 bits per heavy atom. The standard InChI is InChI=1S/C23H27NO4/c1-23(2)26-16-21(28-23)20-13-19(22(25)27-20)24(14-17-9-5-3-6-10-17)15-18-11-7-4-8-12-18/h3-12,19-21H,13-16H2,1-2H3/t19-,20-,21-/m1/s1. The molecule has 148 valence electrons. The highest BCUT2D eigenvalue weighted by molar-refractivity contribution is 5.78. The van der Waals surface area contributed by atoms with Gasteiger partial charge in [-0.1, -0.05) is 60.7 Å². The molecule has 5 nitrogen and oxygen atoms in total. The summed E-state index contributed by atoms with van der Waals surface area (Å²) in [6.07, 6.45) is 0.135. The third-order valence-corrected chi connectivity index (χ3v) is 5.34. The Bertz CT molecular complexity index is 751. The second-order valence-corrected chi connectivity index (χ2v) is 7.97. The number of carbonyl (C=O) groups is 1. The Kier molecular flexibility index (Phi) is 5.49. The summed E-state index contributed by atoms with van der Waals surface area (Å²) in [5.41, 5.74) is 2.35. The molecule has 0 saturated carbocycles. The fourth-order valence-electron chi connectivity index (χ4n) is 3.93. The van der Waals surface area contributed by atoms with Crippen LogP contribution in [0.15, 0.2) is 60.7 Å². The summed E-state index contributed by atoms with van der Waals surface area (Å²) in [7, 11) is 0. The molecule has 0 aliphatic carbocycles. The normalized spacial score (nSPS) is 26.5. The lowest BCUT2D eigenvalue weighted by molar-refractivity contribution is -0.162. The molecule has 28 heavy (non-hydrogen) atoms. The first-order valence-electron chi connectivity index (χ1n) is 9.84. The van der Waals surface area contributed by atoms with E-state index in [4.69, 9.17) is 14.2 Å². The van der Waals surface area contributed by atoms with Crippen LogP contribution in [-0.2, 0) is 32.1 Å². The lowest BCUT2D eigenvalue weighted by atomic mass is 10.0. The van der Waals surface area contributed by atoms with E-state index in [9.17, 15) is 4.79 Å². The van der Waals surface area contributed by atoms with Crippen molar-refractivity contribution in [1.82, 2.24) is 4.90 Å². The van der Waals surface area contributed by atoms with Crippen molar-refractivity contribution in [3.63, 3.8) is 0 Å². The maximum absolute atomic E-state index is 12.8. The van der Waals surface area contributed by atoms with Crippen molar-refractivity contribution in [1.29, 1.82) is 0 Å². The largest absolute Gasteiger partial charge is 0.458 e. The summed E-state index contributed by atoms with van der Waals surface area (Å²) in [5.74, 6) is -0.798. The van der Waals surface area contributed by atoms with Crippen LogP contribution in [0.2, 0.25) is 0 Å². The van der Waals surface area contributed by atoms with E-state index in [1.807, 2.05) is 50.2 Å². The fraction of sp³-hybridized carbons (Fsp3) is 0.435. The highest BCUT2D eigenvalue weighted by atomic mass is 16.8. The average Bonchev–Trinajstić information content (AvgIpc) is 3.25. The molecule has 2 aromatic rings. The molecule has 0 bridgehead atoms. The molecule has 0 amide bonds. The third kappa shape index (κ3) is 4.43. The van der Waals surface area contributed by atoms with Gasteiger partial charge in [-0.15, -0.1) is 0 Å². The minimum absolute atomic E-state index is 0.176. The Morgan fingerprint density at radius 2 is 1.50 bits per heavy atom. The van der Waals surface area contributed by atoms with Crippen LogP contribution in [-0.4, -0.2) is 41.5 Å². The number of esters is 1. The molecular formula is C23H27NO4. The molecule has 2 aliphatic rings. The zero-order valence-corrected chi connectivity index (χ0v) is 16.4. The second-order valence-electron chi connectivity index (χ2n) is 7.97. The summed E-state index contributed by atoms with van der Waals surface area (Å²) >= 11 is 0. The molecule has 2 fully saturated rings. The van der Waals surface area contributed by atoms with Gasteiger partial charge in [-0.25, -0.2) is 0 Å². The summed E-state index contributed by atoms with van der Waals surface area (Å²) < 4.78 is 17.3. The van der Waals surface area contributed by atoms with Crippen LogP contribution in [0.4, 0.5) is 0 Å². The van der Waals surface area contributed by atoms with Crippen LogP contribution in [0, 0.1) is 0 Å². The number of carbonyl (C=O) groups excluding carboxylic acids is 1. The molecule has 0 spiro atoms. The van der Waals surface area contributed by atoms with Gasteiger partial charge in [0.25, 0.3) is 0 Å². The number of cyclic esters (lactones) is 1. The maximum atomic E-state index is 12.8. The SMILES string of the molecule is CC1(C)OC[C@H]([C@H]2C[C@@H](N(Cc3ccccc3)Cc3ccccc3)C(=O)O2)O1. The Balaban J connectivity index is 1.51. The summed E-state index contributed by atoms with van der Waals surface area (Å²) in [4.78, 5) is 15.0. The van der Waals surface area contributed by atoms with E-state index in [-0.39, 0.29) is 24.2 Å². The minimum atomic E-state index is -0.622. The Labute approximate surface area is 166 Å². The van der Waals surface area contributed by atoms with Gasteiger partial charge >= 0.3 is 5.97 Å². The van der Waals surface area contributed by atoms with E-state index < -0.39 is 5.79 Å². The van der Waals surface area contributed by atoms with Gasteiger partial charge < -0.3 is 14.2 Å². The molecule has 2 saturated heterocycles. The molecule has 4 rings (SSSR count). The molecule has 2 heterocycles. The number of benzene rings is 2. The van der Waals surface area contributed by atoms with Crippen molar-refractivity contribution in [3.05, 3.63) is 71.8 Å². The predicted octanol–water partition coefficient (Wildman–Crippen LogP) is 3.52. The molecular weight excluding hydrogens is 354 g/mol. The van der Waals surface area contributed by atoms with Crippen molar-refractivity contribution in [2.75, 3.05) is 6.61 Å². The molecule has 2 aliphatic heterocycles. The first kappa shape index (κ1) is 19.1. The number of hydrogen-bond donors (Lipinski definition) is 0. The summed E-state index contributed by atoms with van der Waals surface area (Å²) in [6, 6.07) is 20.2. The molecule has 0 radical (unpaired) electrons. The van der Waals surface area contributed by atoms with Crippen molar-refractivity contribution < 1.29 is 19.0 Å².